The van der Waals surface area contributed by atoms with Crippen molar-refractivity contribution in [3.63, 3.8) is 0 Å². The number of aliphatic hydroxyl groups is 1. The standard InChI is InChI=1S/C11H15FN2O2/c1-16-10-5-9(7(12)4-8(10)13)14-11(6-15)2-3-11/h4-5,14-15H,2-3,6,13H2,1H3. The largest absolute Gasteiger partial charge is 0.495 e. The molecule has 1 saturated carbocycles. The molecule has 0 radical (unpaired) electrons. The quantitative estimate of drug-likeness (QED) is 0.678. The topological polar surface area (TPSA) is 67.5 Å². The van der Waals surface area contributed by atoms with Crippen molar-refractivity contribution in [2.24, 2.45) is 0 Å². The van der Waals surface area contributed by atoms with Gasteiger partial charge in [0, 0.05) is 12.1 Å². The maximum absolute atomic E-state index is 13.6. The number of nitrogens with one attached hydrogen (secondary N) is 1. The first-order chi connectivity index (χ1) is 7.60. The summed E-state index contributed by atoms with van der Waals surface area (Å²) in [5, 5.41) is 12.1. The van der Waals surface area contributed by atoms with E-state index in [1.165, 1.54) is 19.2 Å². The molecule has 1 aromatic carbocycles. The molecule has 0 saturated heterocycles. The van der Waals surface area contributed by atoms with Crippen LogP contribution in [0.5, 0.6) is 5.75 Å². The molecule has 0 spiro atoms. The summed E-state index contributed by atoms with van der Waals surface area (Å²) in [5.41, 5.74) is 5.79. The van der Waals surface area contributed by atoms with E-state index in [2.05, 4.69) is 5.32 Å². The molecule has 1 aliphatic rings. The molecule has 1 fully saturated rings. The Labute approximate surface area is 93.2 Å². The number of methoxy groups -OCH3 is 1. The number of halogens is 1. The Morgan fingerprint density at radius 1 is 1.56 bits per heavy atom. The number of nitrogens with two attached hydrogens (primary N) is 1. The van der Waals surface area contributed by atoms with Gasteiger partial charge in [0.25, 0.3) is 0 Å². The first kappa shape index (κ1) is 11.0. The smallest absolute Gasteiger partial charge is 0.148 e. The van der Waals surface area contributed by atoms with E-state index in [4.69, 9.17) is 15.6 Å². The normalized spacial score (nSPS) is 16.9. The molecule has 0 aliphatic heterocycles. The lowest BCUT2D eigenvalue weighted by atomic mass is 10.2. The lowest BCUT2D eigenvalue weighted by molar-refractivity contribution is 0.266. The van der Waals surface area contributed by atoms with Crippen LogP contribution in [0.1, 0.15) is 12.8 Å². The van der Waals surface area contributed by atoms with Gasteiger partial charge < -0.3 is 20.9 Å². The number of hydrogen-bond acceptors (Lipinski definition) is 4. The molecule has 0 unspecified atom stereocenters. The Bertz CT molecular complexity index is 405. The molecule has 0 heterocycles. The minimum atomic E-state index is -0.432. The van der Waals surface area contributed by atoms with E-state index in [0.29, 0.717) is 11.4 Å². The van der Waals surface area contributed by atoms with Crippen LogP contribution in [-0.4, -0.2) is 24.4 Å². The predicted molar refractivity (Wildman–Crippen MR) is 60.0 cm³/mol. The van der Waals surface area contributed by atoms with Crippen LogP contribution in [0.4, 0.5) is 15.8 Å². The second kappa shape index (κ2) is 3.83. The van der Waals surface area contributed by atoms with Crippen LogP contribution in [0.3, 0.4) is 0 Å². The van der Waals surface area contributed by atoms with Crippen molar-refractivity contribution in [2.75, 3.05) is 24.8 Å². The van der Waals surface area contributed by atoms with Gasteiger partial charge >= 0.3 is 0 Å². The molecule has 4 N–H and O–H groups in total. The van der Waals surface area contributed by atoms with Crippen LogP contribution in [-0.2, 0) is 0 Å². The maximum atomic E-state index is 13.6. The van der Waals surface area contributed by atoms with E-state index in [9.17, 15) is 4.39 Å². The molecule has 5 heteroatoms. The van der Waals surface area contributed by atoms with Crippen molar-refractivity contribution in [1.82, 2.24) is 0 Å². The molecule has 88 valence electrons. The van der Waals surface area contributed by atoms with Crippen molar-refractivity contribution in [2.45, 2.75) is 18.4 Å². The number of hydrogen-bond donors (Lipinski definition) is 3. The summed E-state index contributed by atoms with van der Waals surface area (Å²) in [6, 6.07) is 2.73. The van der Waals surface area contributed by atoms with E-state index in [1.807, 2.05) is 0 Å². The van der Waals surface area contributed by atoms with Gasteiger partial charge in [0.15, 0.2) is 0 Å². The van der Waals surface area contributed by atoms with Gasteiger partial charge in [-0.25, -0.2) is 4.39 Å². The third-order valence-electron chi connectivity index (χ3n) is 2.88. The third kappa shape index (κ3) is 1.90. The molecule has 0 aromatic heterocycles. The molecule has 0 bridgehead atoms. The van der Waals surface area contributed by atoms with E-state index < -0.39 is 5.82 Å². The summed E-state index contributed by atoms with van der Waals surface area (Å²) in [6.07, 6.45) is 1.69. The Hall–Kier alpha value is -1.49. The summed E-state index contributed by atoms with van der Waals surface area (Å²) in [5.74, 6) is -0.00401. The van der Waals surface area contributed by atoms with Gasteiger partial charge in [-0.15, -0.1) is 0 Å². The lowest BCUT2D eigenvalue weighted by Crippen LogP contribution is -2.26. The van der Waals surface area contributed by atoms with Crippen LogP contribution in [0.25, 0.3) is 0 Å². The molecular formula is C11H15FN2O2. The monoisotopic (exact) mass is 226 g/mol. The molecule has 16 heavy (non-hydrogen) atoms. The summed E-state index contributed by atoms with van der Waals surface area (Å²) < 4.78 is 18.6. The first-order valence-electron chi connectivity index (χ1n) is 5.12. The maximum Gasteiger partial charge on any atom is 0.148 e. The SMILES string of the molecule is COc1cc(NC2(CO)CC2)c(F)cc1N. The van der Waals surface area contributed by atoms with Crippen LogP contribution >= 0.6 is 0 Å². The van der Waals surface area contributed by atoms with Crippen molar-refractivity contribution in [3.05, 3.63) is 17.9 Å². The lowest BCUT2D eigenvalue weighted by Gasteiger charge is -2.17. The van der Waals surface area contributed by atoms with Crippen LogP contribution in [0.2, 0.25) is 0 Å². The van der Waals surface area contributed by atoms with E-state index in [-0.39, 0.29) is 17.8 Å². The van der Waals surface area contributed by atoms with Crippen molar-refractivity contribution in [3.8, 4) is 5.75 Å². The second-order valence-corrected chi connectivity index (χ2v) is 4.14. The van der Waals surface area contributed by atoms with Gasteiger partial charge in [-0.1, -0.05) is 0 Å². The highest BCUT2D eigenvalue weighted by Gasteiger charge is 2.42. The second-order valence-electron chi connectivity index (χ2n) is 4.14. The van der Waals surface area contributed by atoms with Gasteiger partial charge in [0.2, 0.25) is 0 Å². The Morgan fingerprint density at radius 3 is 2.75 bits per heavy atom. The fourth-order valence-corrected chi connectivity index (χ4v) is 1.60. The summed E-state index contributed by atoms with van der Waals surface area (Å²) in [4.78, 5) is 0. The van der Waals surface area contributed by atoms with Crippen molar-refractivity contribution >= 4 is 11.4 Å². The average Bonchev–Trinajstić information content (AvgIpc) is 3.03. The highest BCUT2D eigenvalue weighted by atomic mass is 19.1. The number of ether oxygens (including phenoxy) is 1. The minimum absolute atomic E-state index is 0.000861. The van der Waals surface area contributed by atoms with Crippen LogP contribution in [0.15, 0.2) is 12.1 Å². The zero-order valence-electron chi connectivity index (χ0n) is 9.09. The molecule has 1 aliphatic carbocycles. The van der Waals surface area contributed by atoms with Crippen LogP contribution < -0.4 is 15.8 Å². The van der Waals surface area contributed by atoms with Crippen molar-refractivity contribution < 1.29 is 14.2 Å². The molecule has 4 nitrogen and oxygen atoms in total. The van der Waals surface area contributed by atoms with E-state index in [1.54, 1.807) is 0 Å². The van der Waals surface area contributed by atoms with Gasteiger partial charge in [-0.05, 0) is 12.8 Å². The number of aliphatic hydroxyl groups excluding tert-OH is 1. The molecule has 0 atom stereocenters. The van der Waals surface area contributed by atoms with Gasteiger partial charge in [-0.3, -0.25) is 0 Å². The van der Waals surface area contributed by atoms with Crippen molar-refractivity contribution in [1.29, 1.82) is 0 Å². The highest BCUT2D eigenvalue weighted by molar-refractivity contribution is 5.63. The fraction of sp³-hybridized carbons (Fsp3) is 0.455. The fourth-order valence-electron chi connectivity index (χ4n) is 1.60. The number of anilines is 2. The first-order valence-corrected chi connectivity index (χ1v) is 5.12. The summed E-state index contributed by atoms with van der Waals surface area (Å²) in [7, 11) is 1.48. The number of nitrogen functional groups attached to an aromatic ring is 1. The Morgan fingerprint density at radius 2 is 2.25 bits per heavy atom. The Kier molecular flexibility index (Phi) is 2.63. The van der Waals surface area contributed by atoms with Gasteiger partial charge in [0.05, 0.1) is 30.6 Å². The molecular weight excluding hydrogens is 211 g/mol. The third-order valence-corrected chi connectivity index (χ3v) is 2.88. The van der Waals surface area contributed by atoms with Gasteiger partial charge in [0.1, 0.15) is 11.6 Å². The summed E-state index contributed by atoms with van der Waals surface area (Å²) >= 11 is 0. The highest BCUT2D eigenvalue weighted by Crippen LogP contribution is 2.40. The minimum Gasteiger partial charge on any atom is -0.495 e. The summed E-state index contributed by atoms with van der Waals surface area (Å²) in [6.45, 7) is -0.000861. The number of benzene rings is 1. The molecule has 2 rings (SSSR count). The average molecular weight is 226 g/mol. The van der Waals surface area contributed by atoms with Crippen LogP contribution in [0, 0.1) is 5.82 Å². The predicted octanol–water partition coefficient (Wildman–Crippen LogP) is 1.35. The number of rotatable bonds is 4. The van der Waals surface area contributed by atoms with Gasteiger partial charge in [-0.2, -0.15) is 0 Å². The molecule has 0 amide bonds. The van der Waals surface area contributed by atoms with E-state index in [0.717, 1.165) is 12.8 Å². The molecule has 1 aromatic rings. The zero-order valence-corrected chi connectivity index (χ0v) is 9.09. The Balaban J connectivity index is 2.26. The zero-order chi connectivity index (χ0) is 11.8. The van der Waals surface area contributed by atoms with E-state index >= 15 is 0 Å².